The number of benzene rings is 2. The summed E-state index contributed by atoms with van der Waals surface area (Å²) < 4.78 is 18.7. The van der Waals surface area contributed by atoms with Crippen molar-refractivity contribution < 1.29 is 13.9 Å². The fourth-order valence-corrected chi connectivity index (χ4v) is 1.93. The average molecular weight is 288 g/mol. The molecule has 0 unspecified atom stereocenters. The van der Waals surface area contributed by atoms with E-state index in [1.807, 2.05) is 25.1 Å². The zero-order valence-corrected chi connectivity index (χ0v) is 11.9. The summed E-state index contributed by atoms with van der Waals surface area (Å²) >= 11 is 0. The molecule has 0 aliphatic heterocycles. The first-order valence-corrected chi connectivity index (χ1v) is 6.51. The first-order chi connectivity index (χ1) is 10.1. The minimum atomic E-state index is -0.497. The molecule has 0 aromatic heterocycles. The van der Waals surface area contributed by atoms with Crippen molar-refractivity contribution in [3.8, 4) is 0 Å². The standard InChI is InChI=1S/C16H17FN2O2/c1-11-7-8-13(17)15(9-11)19-16(20)18-14-6-4-3-5-12(14)10-21-2/h3-9H,10H2,1-2H3,(H2,18,19,20). The maximum absolute atomic E-state index is 13.6. The lowest BCUT2D eigenvalue weighted by molar-refractivity contribution is 0.185. The van der Waals surface area contributed by atoms with E-state index in [1.54, 1.807) is 25.3 Å². The van der Waals surface area contributed by atoms with Gasteiger partial charge in [0.15, 0.2) is 0 Å². The first-order valence-electron chi connectivity index (χ1n) is 6.51. The topological polar surface area (TPSA) is 50.4 Å². The van der Waals surface area contributed by atoms with Crippen LogP contribution in [-0.4, -0.2) is 13.1 Å². The Morgan fingerprint density at radius 2 is 1.86 bits per heavy atom. The van der Waals surface area contributed by atoms with Crippen LogP contribution in [0.4, 0.5) is 20.6 Å². The Labute approximate surface area is 122 Å². The van der Waals surface area contributed by atoms with Gasteiger partial charge in [0.25, 0.3) is 0 Å². The molecule has 2 aromatic carbocycles. The SMILES string of the molecule is COCc1ccccc1NC(=O)Nc1cc(C)ccc1F. The number of para-hydroxylation sites is 1. The number of aryl methyl sites for hydroxylation is 1. The lowest BCUT2D eigenvalue weighted by Gasteiger charge is -2.12. The lowest BCUT2D eigenvalue weighted by Crippen LogP contribution is -2.21. The molecule has 2 rings (SSSR count). The molecule has 4 nitrogen and oxygen atoms in total. The average Bonchev–Trinajstić information content (AvgIpc) is 2.45. The maximum atomic E-state index is 13.6. The van der Waals surface area contributed by atoms with Crippen LogP contribution in [0, 0.1) is 12.7 Å². The summed E-state index contributed by atoms with van der Waals surface area (Å²) in [5, 5.41) is 5.20. The number of hydrogen-bond donors (Lipinski definition) is 2. The highest BCUT2D eigenvalue weighted by Crippen LogP contribution is 2.18. The minimum Gasteiger partial charge on any atom is -0.380 e. The van der Waals surface area contributed by atoms with Gasteiger partial charge in [-0.1, -0.05) is 24.3 Å². The number of carbonyl (C=O) groups excluding carboxylic acids is 1. The predicted octanol–water partition coefficient (Wildman–Crippen LogP) is 3.92. The fourth-order valence-electron chi connectivity index (χ4n) is 1.93. The number of rotatable bonds is 4. The van der Waals surface area contributed by atoms with Gasteiger partial charge in [-0.25, -0.2) is 9.18 Å². The molecule has 0 atom stereocenters. The highest BCUT2D eigenvalue weighted by molar-refractivity contribution is 6.00. The van der Waals surface area contributed by atoms with E-state index in [9.17, 15) is 9.18 Å². The van der Waals surface area contributed by atoms with E-state index >= 15 is 0 Å². The Bertz CT molecular complexity index is 644. The van der Waals surface area contributed by atoms with Gasteiger partial charge < -0.3 is 15.4 Å². The second-order valence-corrected chi connectivity index (χ2v) is 4.65. The molecule has 2 amide bonds. The monoisotopic (exact) mass is 288 g/mol. The molecule has 21 heavy (non-hydrogen) atoms. The van der Waals surface area contributed by atoms with Crippen LogP contribution in [0.2, 0.25) is 0 Å². The highest BCUT2D eigenvalue weighted by atomic mass is 19.1. The van der Waals surface area contributed by atoms with Crippen LogP contribution in [-0.2, 0) is 11.3 Å². The van der Waals surface area contributed by atoms with Gasteiger partial charge in [0.2, 0.25) is 0 Å². The fraction of sp³-hybridized carbons (Fsp3) is 0.188. The van der Waals surface area contributed by atoms with Crippen LogP contribution in [0.3, 0.4) is 0 Å². The minimum absolute atomic E-state index is 0.150. The van der Waals surface area contributed by atoms with Crippen molar-refractivity contribution in [2.75, 3.05) is 17.7 Å². The second-order valence-electron chi connectivity index (χ2n) is 4.65. The third-order valence-corrected chi connectivity index (χ3v) is 2.94. The molecule has 0 aliphatic rings. The number of ether oxygens (including phenoxy) is 1. The zero-order valence-electron chi connectivity index (χ0n) is 11.9. The third-order valence-electron chi connectivity index (χ3n) is 2.94. The molecule has 0 saturated heterocycles. The van der Waals surface area contributed by atoms with Crippen molar-refractivity contribution >= 4 is 17.4 Å². The van der Waals surface area contributed by atoms with Crippen molar-refractivity contribution in [3.05, 3.63) is 59.4 Å². The second kappa shape index (κ2) is 6.85. The number of anilines is 2. The van der Waals surface area contributed by atoms with Crippen LogP contribution >= 0.6 is 0 Å². The molecule has 0 heterocycles. The quantitative estimate of drug-likeness (QED) is 0.895. The van der Waals surface area contributed by atoms with Crippen molar-refractivity contribution in [1.29, 1.82) is 0 Å². The van der Waals surface area contributed by atoms with Gasteiger partial charge in [-0.05, 0) is 30.7 Å². The van der Waals surface area contributed by atoms with Gasteiger partial charge in [-0.15, -0.1) is 0 Å². The van der Waals surface area contributed by atoms with E-state index in [4.69, 9.17) is 4.74 Å². The summed E-state index contributed by atoms with van der Waals surface area (Å²) in [4.78, 5) is 12.0. The number of nitrogens with one attached hydrogen (secondary N) is 2. The Morgan fingerprint density at radius 3 is 2.62 bits per heavy atom. The van der Waals surface area contributed by atoms with E-state index in [1.165, 1.54) is 6.07 Å². The molecule has 2 aromatic rings. The normalized spacial score (nSPS) is 10.2. The molecule has 0 spiro atoms. The summed E-state index contributed by atoms with van der Waals surface area (Å²) in [5.41, 5.74) is 2.49. The number of halogens is 1. The van der Waals surface area contributed by atoms with Gasteiger partial charge in [0, 0.05) is 18.4 Å². The molecule has 0 radical (unpaired) electrons. The number of urea groups is 1. The summed E-state index contributed by atoms with van der Waals surface area (Å²) in [5.74, 6) is -0.471. The van der Waals surface area contributed by atoms with Gasteiger partial charge in [0.05, 0.1) is 12.3 Å². The Balaban J connectivity index is 2.10. The van der Waals surface area contributed by atoms with E-state index < -0.39 is 11.8 Å². The van der Waals surface area contributed by atoms with Gasteiger partial charge in [0.1, 0.15) is 5.82 Å². The molecule has 0 saturated carbocycles. The van der Waals surface area contributed by atoms with Crippen molar-refractivity contribution in [2.24, 2.45) is 0 Å². The predicted molar refractivity (Wildman–Crippen MR) is 80.9 cm³/mol. The van der Waals surface area contributed by atoms with Gasteiger partial charge in [-0.2, -0.15) is 0 Å². The van der Waals surface area contributed by atoms with Crippen molar-refractivity contribution in [1.82, 2.24) is 0 Å². The Kier molecular flexibility index (Phi) is 4.90. The number of methoxy groups -OCH3 is 1. The van der Waals surface area contributed by atoms with Crippen LogP contribution in [0.1, 0.15) is 11.1 Å². The van der Waals surface area contributed by atoms with E-state index in [0.29, 0.717) is 12.3 Å². The zero-order chi connectivity index (χ0) is 15.2. The van der Waals surface area contributed by atoms with Crippen molar-refractivity contribution in [3.63, 3.8) is 0 Å². The van der Waals surface area contributed by atoms with E-state index in [2.05, 4.69) is 10.6 Å². The van der Waals surface area contributed by atoms with Crippen LogP contribution < -0.4 is 10.6 Å². The summed E-state index contributed by atoms with van der Waals surface area (Å²) in [6, 6.07) is 11.3. The number of hydrogen-bond acceptors (Lipinski definition) is 2. The largest absolute Gasteiger partial charge is 0.380 e. The van der Waals surface area contributed by atoms with Crippen LogP contribution in [0.25, 0.3) is 0 Å². The molecule has 5 heteroatoms. The first kappa shape index (κ1) is 15.0. The number of carbonyl (C=O) groups is 1. The maximum Gasteiger partial charge on any atom is 0.323 e. The molecule has 2 N–H and O–H groups in total. The lowest BCUT2D eigenvalue weighted by atomic mass is 10.2. The van der Waals surface area contributed by atoms with Crippen molar-refractivity contribution in [2.45, 2.75) is 13.5 Å². The molecule has 110 valence electrons. The van der Waals surface area contributed by atoms with Crippen LogP contribution in [0.15, 0.2) is 42.5 Å². The van der Waals surface area contributed by atoms with Gasteiger partial charge in [-0.3, -0.25) is 0 Å². The molecular formula is C16H17FN2O2. The number of amides is 2. The van der Waals surface area contributed by atoms with E-state index in [0.717, 1.165) is 11.1 Å². The van der Waals surface area contributed by atoms with E-state index in [-0.39, 0.29) is 5.69 Å². The van der Waals surface area contributed by atoms with Gasteiger partial charge >= 0.3 is 6.03 Å². The molecule has 0 bridgehead atoms. The van der Waals surface area contributed by atoms with Crippen LogP contribution in [0.5, 0.6) is 0 Å². The summed E-state index contributed by atoms with van der Waals surface area (Å²) in [6.45, 7) is 2.21. The third kappa shape index (κ3) is 4.03. The molecule has 0 aliphatic carbocycles. The highest BCUT2D eigenvalue weighted by Gasteiger charge is 2.09. The molecular weight excluding hydrogens is 271 g/mol. The Hall–Kier alpha value is -2.40. The summed E-state index contributed by atoms with van der Waals surface area (Å²) in [6.07, 6.45) is 0. The smallest absolute Gasteiger partial charge is 0.323 e. The Morgan fingerprint density at radius 1 is 1.14 bits per heavy atom. The summed E-state index contributed by atoms with van der Waals surface area (Å²) in [7, 11) is 1.58. The molecule has 0 fully saturated rings.